The number of hydrogen-bond acceptors (Lipinski definition) is 7. The summed E-state index contributed by atoms with van der Waals surface area (Å²) in [4.78, 5) is 21.8. The minimum Gasteiger partial charge on any atom is -0.361 e. The van der Waals surface area contributed by atoms with Gasteiger partial charge in [-0.05, 0) is 30.2 Å². The number of nitrogens with one attached hydrogen (secondary N) is 1. The number of anilines is 1. The van der Waals surface area contributed by atoms with Gasteiger partial charge in [-0.2, -0.15) is 0 Å². The smallest absolute Gasteiger partial charge is 0.270 e. The van der Waals surface area contributed by atoms with Gasteiger partial charge in [0.25, 0.3) is 5.69 Å². The fourth-order valence-corrected chi connectivity index (χ4v) is 4.81. The molecule has 0 spiro atoms. The van der Waals surface area contributed by atoms with E-state index >= 15 is 0 Å². The number of nitrogens with zero attached hydrogens (tertiary/aromatic N) is 4. The average molecular weight is 414 g/mol. The van der Waals surface area contributed by atoms with Crippen LogP contribution in [0.3, 0.4) is 0 Å². The molecule has 1 saturated heterocycles. The number of benzene rings is 2. The summed E-state index contributed by atoms with van der Waals surface area (Å²) in [5.41, 5.74) is 3.06. The molecule has 0 amide bonds. The van der Waals surface area contributed by atoms with Gasteiger partial charge in [-0.1, -0.05) is 35.2 Å². The molecule has 4 rings (SSSR count). The van der Waals surface area contributed by atoms with Crippen LogP contribution < -0.4 is 5.32 Å². The van der Waals surface area contributed by atoms with Crippen LogP contribution in [0.25, 0.3) is 10.2 Å². The third kappa shape index (κ3) is 4.26. The van der Waals surface area contributed by atoms with Gasteiger partial charge in [-0.25, -0.2) is 9.98 Å². The van der Waals surface area contributed by atoms with E-state index < -0.39 is 0 Å². The Balaban J connectivity index is 1.35. The number of aliphatic imine (C=N–C) groups is 1. The normalized spacial score (nSPS) is 15.5. The fourth-order valence-electron chi connectivity index (χ4n) is 2.86. The summed E-state index contributed by atoms with van der Waals surface area (Å²) in [6, 6.07) is 13.0. The van der Waals surface area contributed by atoms with Crippen LogP contribution in [-0.2, 0) is 6.42 Å². The molecule has 1 fully saturated rings. The Hall–Kier alpha value is -2.65. The Morgan fingerprint density at radius 2 is 2.11 bits per heavy atom. The molecule has 7 nitrogen and oxygen atoms in total. The molecule has 3 aromatic rings. The van der Waals surface area contributed by atoms with Crippen molar-refractivity contribution in [2.45, 2.75) is 6.42 Å². The van der Waals surface area contributed by atoms with E-state index in [9.17, 15) is 10.1 Å². The second kappa shape index (κ2) is 8.15. The van der Waals surface area contributed by atoms with Crippen LogP contribution in [0.2, 0.25) is 0 Å². The standard InChI is InChI=1S/C19H19N5O2S2/c1-23-10-11-27-19(23)21-14-4-2-13(3-5-14)8-9-20-18-22-16-7-6-15(24(25)26)12-17(16)28-18/h2-7,12H,8-11H2,1H3,(H,20,22). The molecule has 1 aliphatic heterocycles. The summed E-state index contributed by atoms with van der Waals surface area (Å²) in [6.07, 6.45) is 0.863. The van der Waals surface area contributed by atoms with Gasteiger partial charge in [-0.15, -0.1) is 0 Å². The SMILES string of the molecule is CN1CCSC1=Nc1ccc(CCNc2nc3ccc([N+](=O)[O-])cc3s2)cc1. The van der Waals surface area contributed by atoms with Crippen LogP contribution in [0.1, 0.15) is 5.56 Å². The highest BCUT2D eigenvalue weighted by Gasteiger charge is 2.14. The van der Waals surface area contributed by atoms with Gasteiger partial charge in [0, 0.05) is 38.0 Å². The number of non-ortho nitro benzene ring substituents is 1. The molecule has 0 unspecified atom stereocenters. The van der Waals surface area contributed by atoms with Crippen molar-refractivity contribution in [3.05, 3.63) is 58.1 Å². The zero-order valence-corrected chi connectivity index (χ0v) is 16.9. The lowest BCUT2D eigenvalue weighted by molar-refractivity contribution is -0.384. The monoisotopic (exact) mass is 413 g/mol. The predicted molar refractivity (Wildman–Crippen MR) is 117 cm³/mol. The zero-order chi connectivity index (χ0) is 19.5. The van der Waals surface area contributed by atoms with Crippen molar-refractivity contribution in [1.29, 1.82) is 0 Å². The van der Waals surface area contributed by atoms with Crippen LogP contribution in [-0.4, -0.2) is 45.9 Å². The maximum absolute atomic E-state index is 10.9. The topological polar surface area (TPSA) is 83.7 Å². The van der Waals surface area contributed by atoms with E-state index in [1.165, 1.54) is 23.0 Å². The van der Waals surface area contributed by atoms with Crippen molar-refractivity contribution in [2.24, 2.45) is 4.99 Å². The van der Waals surface area contributed by atoms with E-state index in [2.05, 4.69) is 39.4 Å². The number of fused-ring (bicyclic) bond motifs is 1. The van der Waals surface area contributed by atoms with Gasteiger partial charge in [0.05, 0.1) is 20.8 Å². The second-order valence-corrected chi connectivity index (χ2v) is 8.53. The van der Waals surface area contributed by atoms with Gasteiger partial charge in [0.1, 0.15) is 0 Å². The van der Waals surface area contributed by atoms with E-state index in [1.807, 2.05) is 12.1 Å². The molecule has 2 heterocycles. The van der Waals surface area contributed by atoms with Crippen LogP contribution in [0.5, 0.6) is 0 Å². The number of nitro benzene ring substituents is 1. The molecule has 0 atom stereocenters. The highest BCUT2D eigenvalue weighted by atomic mass is 32.2. The summed E-state index contributed by atoms with van der Waals surface area (Å²) < 4.78 is 0.815. The Morgan fingerprint density at radius 1 is 1.29 bits per heavy atom. The lowest BCUT2D eigenvalue weighted by atomic mass is 10.1. The Labute approximate surface area is 170 Å². The molecule has 0 bridgehead atoms. The summed E-state index contributed by atoms with van der Waals surface area (Å²) in [5.74, 6) is 1.10. The summed E-state index contributed by atoms with van der Waals surface area (Å²) in [7, 11) is 2.07. The number of thiazole rings is 1. The number of hydrogen-bond donors (Lipinski definition) is 1. The molecule has 1 aliphatic rings. The lowest BCUT2D eigenvalue weighted by Crippen LogP contribution is -2.17. The minimum atomic E-state index is -0.385. The van der Waals surface area contributed by atoms with Crippen molar-refractivity contribution in [3.8, 4) is 0 Å². The summed E-state index contributed by atoms with van der Waals surface area (Å²) >= 11 is 3.22. The first-order valence-corrected chi connectivity index (χ1v) is 10.7. The van der Waals surface area contributed by atoms with Gasteiger partial charge >= 0.3 is 0 Å². The maximum atomic E-state index is 10.9. The Bertz CT molecular complexity index is 1030. The molecular formula is C19H19N5O2S2. The van der Waals surface area contributed by atoms with Crippen molar-refractivity contribution >= 4 is 55.0 Å². The third-order valence-electron chi connectivity index (χ3n) is 4.42. The third-order valence-corrected chi connectivity index (χ3v) is 6.44. The molecule has 1 N–H and O–H groups in total. The van der Waals surface area contributed by atoms with Crippen molar-refractivity contribution in [3.63, 3.8) is 0 Å². The molecule has 1 aromatic heterocycles. The van der Waals surface area contributed by atoms with Crippen molar-refractivity contribution in [2.75, 3.05) is 31.2 Å². The molecule has 0 radical (unpaired) electrons. The molecule has 0 saturated carbocycles. The fraction of sp³-hybridized carbons (Fsp3) is 0.263. The molecule has 28 heavy (non-hydrogen) atoms. The Morgan fingerprint density at radius 3 is 2.82 bits per heavy atom. The van der Waals surface area contributed by atoms with Crippen LogP contribution in [0.4, 0.5) is 16.5 Å². The number of aromatic nitrogens is 1. The first kappa shape index (κ1) is 18.7. The minimum absolute atomic E-state index is 0.0913. The van der Waals surface area contributed by atoms with E-state index in [0.717, 1.165) is 51.5 Å². The second-order valence-electron chi connectivity index (χ2n) is 6.44. The molecular weight excluding hydrogens is 394 g/mol. The first-order valence-electron chi connectivity index (χ1n) is 8.89. The maximum Gasteiger partial charge on any atom is 0.270 e. The van der Waals surface area contributed by atoms with E-state index in [1.54, 1.807) is 23.9 Å². The van der Waals surface area contributed by atoms with E-state index in [4.69, 9.17) is 0 Å². The van der Waals surface area contributed by atoms with Crippen LogP contribution in [0, 0.1) is 10.1 Å². The first-order chi connectivity index (χ1) is 13.6. The zero-order valence-electron chi connectivity index (χ0n) is 15.3. The number of rotatable bonds is 6. The molecule has 0 aliphatic carbocycles. The number of amidine groups is 1. The average Bonchev–Trinajstić information content (AvgIpc) is 3.28. The van der Waals surface area contributed by atoms with Crippen molar-refractivity contribution in [1.82, 2.24) is 9.88 Å². The van der Waals surface area contributed by atoms with Crippen LogP contribution >= 0.6 is 23.1 Å². The summed E-state index contributed by atoms with van der Waals surface area (Å²) in [5, 5.41) is 16.0. The number of thioether (sulfide) groups is 1. The highest BCUT2D eigenvalue weighted by Crippen LogP contribution is 2.29. The number of nitro groups is 1. The highest BCUT2D eigenvalue weighted by molar-refractivity contribution is 8.14. The van der Waals surface area contributed by atoms with Gasteiger partial charge in [-0.3, -0.25) is 10.1 Å². The Kier molecular flexibility index (Phi) is 5.45. The molecule has 9 heteroatoms. The molecule has 144 valence electrons. The summed E-state index contributed by atoms with van der Waals surface area (Å²) in [6.45, 7) is 1.79. The van der Waals surface area contributed by atoms with Gasteiger partial charge in [0.15, 0.2) is 10.3 Å². The van der Waals surface area contributed by atoms with Gasteiger partial charge in [0.2, 0.25) is 0 Å². The van der Waals surface area contributed by atoms with E-state index in [-0.39, 0.29) is 10.6 Å². The quantitative estimate of drug-likeness (QED) is 0.472. The molecule has 2 aromatic carbocycles. The van der Waals surface area contributed by atoms with E-state index in [0.29, 0.717) is 0 Å². The van der Waals surface area contributed by atoms with Gasteiger partial charge < -0.3 is 10.2 Å². The largest absolute Gasteiger partial charge is 0.361 e. The predicted octanol–water partition coefficient (Wildman–Crippen LogP) is 4.53. The lowest BCUT2D eigenvalue weighted by Gasteiger charge is -2.09. The van der Waals surface area contributed by atoms with Crippen molar-refractivity contribution < 1.29 is 4.92 Å². The van der Waals surface area contributed by atoms with Crippen LogP contribution in [0.15, 0.2) is 47.5 Å².